The Bertz CT molecular complexity index is 661. The molecule has 2 aromatic rings. The van der Waals surface area contributed by atoms with Crippen LogP contribution in [0.1, 0.15) is 46.3 Å². The number of carbonyl (C=O) groups excluding carboxylic acids is 1. The Labute approximate surface area is 135 Å². The summed E-state index contributed by atoms with van der Waals surface area (Å²) < 4.78 is 5.32. The first-order chi connectivity index (χ1) is 10.6. The van der Waals surface area contributed by atoms with E-state index in [9.17, 15) is 4.79 Å². The van der Waals surface area contributed by atoms with Crippen molar-refractivity contribution in [1.82, 2.24) is 0 Å². The van der Waals surface area contributed by atoms with Gasteiger partial charge in [-0.2, -0.15) is 0 Å². The molecule has 0 radical (unpaired) electrons. The van der Waals surface area contributed by atoms with Crippen LogP contribution in [0.25, 0.3) is 0 Å². The van der Waals surface area contributed by atoms with Crippen molar-refractivity contribution < 1.29 is 14.1 Å². The molecule has 3 rings (SSSR count). The van der Waals surface area contributed by atoms with E-state index in [1.807, 2.05) is 4.90 Å². The number of amides is 1. The maximum atomic E-state index is 12.8. The van der Waals surface area contributed by atoms with Crippen LogP contribution >= 0.6 is 11.3 Å². The zero-order chi connectivity index (χ0) is 15.7. The molecule has 3 heterocycles. The Hall–Kier alpha value is -1.59. The van der Waals surface area contributed by atoms with E-state index < -0.39 is 0 Å². The molecule has 2 aromatic heterocycles. The van der Waals surface area contributed by atoms with E-state index in [1.54, 1.807) is 29.7 Å². The number of rotatable bonds is 4. The van der Waals surface area contributed by atoms with Crippen LogP contribution in [0, 0.1) is 13.8 Å². The molecule has 4 nitrogen and oxygen atoms in total. The van der Waals surface area contributed by atoms with Crippen molar-refractivity contribution in [2.45, 2.75) is 40.2 Å². The van der Waals surface area contributed by atoms with Crippen LogP contribution in [0.5, 0.6) is 0 Å². The molecule has 22 heavy (non-hydrogen) atoms. The topological polar surface area (TPSA) is 37.9 Å². The van der Waals surface area contributed by atoms with Crippen LogP contribution in [0.15, 0.2) is 22.8 Å². The third-order valence-electron chi connectivity index (χ3n) is 4.40. The summed E-state index contributed by atoms with van der Waals surface area (Å²) in [6, 6.07) is 3.51. The van der Waals surface area contributed by atoms with Crippen LogP contribution in [0.4, 0.5) is 5.00 Å². The molecule has 0 aliphatic carbocycles. The highest BCUT2D eigenvalue weighted by Crippen LogP contribution is 2.36. The number of nitrogens with one attached hydrogen (secondary N) is 1. The lowest BCUT2D eigenvalue weighted by atomic mass is 10.1. The zero-order valence-electron chi connectivity index (χ0n) is 13.4. The fraction of sp³-hybridized carbons (Fsp3) is 0.471. The van der Waals surface area contributed by atoms with Crippen molar-refractivity contribution in [1.29, 1.82) is 0 Å². The van der Waals surface area contributed by atoms with Crippen LogP contribution in [0.2, 0.25) is 0 Å². The summed E-state index contributed by atoms with van der Waals surface area (Å²) in [5, 5.41) is 1.11. The van der Waals surface area contributed by atoms with Gasteiger partial charge in [0.2, 0.25) is 0 Å². The van der Waals surface area contributed by atoms with E-state index in [4.69, 9.17) is 4.42 Å². The van der Waals surface area contributed by atoms with Gasteiger partial charge in [0, 0.05) is 10.4 Å². The third kappa shape index (κ3) is 2.71. The average Bonchev–Trinajstić information content (AvgIpc) is 3.14. The first-order valence-electron chi connectivity index (χ1n) is 7.89. The van der Waals surface area contributed by atoms with E-state index in [0.717, 1.165) is 24.8 Å². The minimum Gasteiger partial charge on any atom is -0.459 e. The smallest absolute Gasteiger partial charge is 0.298 e. The van der Waals surface area contributed by atoms with Crippen LogP contribution in [-0.2, 0) is 6.54 Å². The number of unbranched alkanes of at least 4 members (excludes halogenated alkanes) is 1. The van der Waals surface area contributed by atoms with Gasteiger partial charge in [-0.1, -0.05) is 13.3 Å². The quantitative estimate of drug-likeness (QED) is 0.941. The summed E-state index contributed by atoms with van der Waals surface area (Å²) >= 11 is 1.73. The van der Waals surface area contributed by atoms with E-state index in [0.29, 0.717) is 5.76 Å². The van der Waals surface area contributed by atoms with Crippen molar-refractivity contribution in [2.24, 2.45) is 0 Å². The molecule has 118 valence electrons. The van der Waals surface area contributed by atoms with Gasteiger partial charge in [0.25, 0.3) is 5.91 Å². The molecule has 1 aliphatic rings. The fourth-order valence-corrected chi connectivity index (χ4v) is 4.15. The lowest BCUT2D eigenvalue weighted by molar-refractivity contribution is -0.914. The van der Waals surface area contributed by atoms with Gasteiger partial charge in [-0.25, -0.2) is 4.90 Å². The number of nitrogens with zero attached hydrogens (tertiary/aromatic N) is 1. The number of hydrogen-bond donors (Lipinski definition) is 1. The lowest BCUT2D eigenvalue weighted by Gasteiger charge is -2.32. The molecule has 0 spiro atoms. The Balaban J connectivity index is 1.94. The number of aryl methyl sites for hydroxylation is 1. The molecule has 1 aliphatic heterocycles. The molecule has 0 saturated heterocycles. The highest BCUT2D eigenvalue weighted by molar-refractivity contribution is 7.16. The van der Waals surface area contributed by atoms with Crippen molar-refractivity contribution >= 4 is 22.2 Å². The van der Waals surface area contributed by atoms with E-state index in [1.165, 1.54) is 33.7 Å². The zero-order valence-corrected chi connectivity index (χ0v) is 14.3. The standard InChI is InChI=1S/C17H22N2O2S/c1-4-5-8-18-10-14-12(2)13(3)22-17(14)19(11-18)16(20)15-7-6-9-21-15/h6-7,9H,4-5,8,10-11H2,1-3H3/p+1. The van der Waals surface area contributed by atoms with Crippen molar-refractivity contribution in [3.63, 3.8) is 0 Å². The van der Waals surface area contributed by atoms with E-state index in [2.05, 4.69) is 20.8 Å². The van der Waals surface area contributed by atoms with E-state index >= 15 is 0 Å². The summed E-state index contributed by atoms with van der Waals surface area (Å²) in [5.74, 6) is 0.396. The maximum Gasteiger partial charge on any atom is 0.298 e. The molecule has 1 amide bonds. The first kappa shape index (κ1) is 15.3. The molecular weight excluding hydrogens is 296 g/mol. The summed E-state index contributed by atoms with van der Waals surface area (Å²) in [7, 11) is 0. The highest BCUT2D eigenvalue weighted by Gasteiger charge is 2.34. The highest BCUT2D eigenvalue weighted by atomic mass is 32.1. The summed E-state index contributed by atoms with van der Waals surface area (Å²) in [6.07, 6.45) is 3.93. The number of hydrogen-bond acceptors (Lipinski definition) is 3. The van der Waals surface area contributed by atoms with Gasteiger partial charge in [-0.05, 0) is 38.0 Å². The summed E-state index contributed by atoms with van der Waals surface area (Å²) in [6.45, 7) is 9.37. The van der Waals surface area contributed by atoms with Gasteiger partial charge in [0.05, 0.1) is 12.8 Å². The normalized spacial score (nSPS) is 17.6. The molecule has 0 saturated carbocycles. The Kier molecular flexibility index (Phi) is 4.36. The molecule has 0 bridgehead atoms. The van der Waals surface area contributed by atoms with Gasteiger partial charge < -0.3 is 9.32 Å². The number of quaternary nitrogens is 1. The second-order valence-corrected chi connectivity index (χ2v) is 7.17. The Morgan fingerprint density at radius 1 is 1.45 bits per heavy atom. The molecule has 1 unspecified atom stereocenters. The SMILES string of the molecule is CCCC[NH+]1Cc2c(sc(C)c2C)N(C(=O)c2ccco2)C1. The molecule has 1 N–H and O–H groups in total. The lowest BCUT2D eigenvalue weighted by Crippen LogP contribution is -3.13. The second-order valence-electron chi connectivity index (χ2n) is 5.97. The second kappa shape index (κ2) is 6.26. The minimum atomic E-state index is -0.0267. The van der Waals surface area contributed by atoms with Crippen molar-refractivity contribution in [3.8, 4) is 0 Å². The monoisotopic (exact) mass is 319 g/mol. The van der Waals surface area contributed by atoms with Gasteiger partial charge in [0.15, 0.2) is 12.4 Å². The molecular formula is C17H23N2O2S+. The predicted octanol–water partition coefficient (Wildman–Crippen LogP) is 2.76. The third-order valence-corrected chi connectivity index (χ3v) is 5.68. The number of furan rings is 1. The summed E-state index contributed by atoms with van der Waals surface area (Å²) in [4.78, 5) is 17.5. The Morgan fingerprint density at radius 3 is 2.95 bits per heavy atom. The van der Waals surface area contributed by atoms with Crippen LogP contribution in [-0.4, -0.2) is 19.1 Å². The number of fused-ring (bicyclic) bond motifs is 1. The fourth-order valence-electron chi connectivity index (χ4n) is 2.98. The number of carbonyl (C=O) groups is 1. The predicted molar refractivity (Wildman–Crippen MR) is 88.6 cm³/mol. The minimum absolute atomic E-state index is 0.0267. The number of thiophene rings is 1. The van der Waals surface area contributed by atoms with Crippen molar-refractivity contribution in [2.75, 3.05) is 18.1 Å². The average molecular weight is 319 g/mol. The van der Waals surface area contributed by atoms with Gasteiger partial charge >= 0.3 is 0 Å². The van der Waals surface area contributed by atoms with Crippen LogP contribution < -0.4 is 9.80 Å². The largest absolute Gasteiger partial charge is 0.459 e. The molecule has 0 aromatic carbocycles. The molecule has 0 fully saturated rings. The molecule has 1 atom stereocenters. The van der Waals surface area contributed by atoms with Gasteiger partial charge in [-0.3, -0.25) is 4.79 Å². The van der Waals surface area contributed by atoms with E-state index in [-0.39, 0.29) is 5.91 Å². The summed E-state index contributed by atoms with van der Waals surface area (Å²) in [5.41, 5.74) is 2.67. The number of anilines is 1. The van der Waals surface area contributed by atoms with Crippen LogP contribution in [0.3, 0.4) is 0 Å². The first-order valence-corrected chi connectivity index (χ1v) is 8.71. The van der Waals surface area contributed by atoms with Crippen molar-refractivity contribution in [3.05, 3.63) is 40.2 Å². The van der Waals surface area contributed by atoms with Gasteiger partial charge in [0.1, 0.15) is 11.5 Å². The Morgan fingerprint density at radius 2 is 2.27 bits per heavy atom. The molecule has 5 heteroatoms. The van der Waals surface area contributed by atoms with Gasteiger partial charge in [-0.15, -0.1) is 11.3 Å². The maximum absolute atomic E-state index is 12.8.